The van der Waals surface area contributed by atoms with Crippen LogP contribution in [-0.4, -0.2) is 41.1 Å². The van der Waals surface area contributed by atoms with Crippen LogP contribution in [0.15, 0.2) is 0 Å². The third-order valence-corrected chi connectivity index (χ3v) is 4.07. The molecule has 2 rings (SSSR count). The first-order valence-electron chi connectivity index (χ1n) is 6.96. The van der Waals surface area contributed by atoms with Gasteiger partial charge in [-0.1, -0.05) is 19.3 Å². The first-order chi connectivity index (χ1) is 8.68. The van der Waals surface area contributed by atoms with E-state index in [2.05, 4.69) is 5.32 Å². The molecule has 5 nitrogen and oxygen atoms in total. The highest BCUT2D eigenvalue weighted by Crippen LogP contribution is 2.23. The average molecular weight is 254 g/mol. The van der Waals surface area contributed by atoms with Gasteiger partial charge in [0.1, 0.15) is 6.04 Å². The van der Waals surface area contributed by atoms with Gasteiger partial charge in [0.15, 0.2) is 0 Å². The van der Waals surface area contributed by atoms with Gasteiger partial charge in [0, 0.05) is 13.1 Å². The molecule has 2 N–H and O–H groups in total. The Kier molecular flexibility index (Phi) is 4.44. The summed E-state index contributed by atoms with van der Waals surface area (Å²) < 4.78 is 0. The van der Waals surface area contributed by atoms with Crippen molar-refractivity contribution < 1.29 is 14.7 Å². The van der Waals surface area contributed by atoms with Crippen molar-refractivity contribution in [1.29, 1.82) is 0 Å². The number of hydrogen-bond donors (Lipinski definition) is 2. The highest BCUT2D eigenvalue weighted by atomic mass is 16.4. The predicted octanol–water partition coefficient (Wildman–Crippen LogP) is 1.83. The van der Waals surface area contributed by atoms with Gasteiger partial charge in [0.2, 0.25) is 0 Å². The molecular weight excluding hydrogens is 232 g/mol. The van der Waals surface area contributed by atoms with Crippen LogP contribution in [0.5, 0.6) is 0 Å². The molecule has 0 unspecified atom stereocenters. The van der Waals surface area contributed by atoms with Gasteiger partial charge in [0.05, 0.1) is 0 Å². The van der Waals surface area contributed by atoms with E-state index in [1.165, 1.54) is 37.0 Å². The number of rotatable bonds is 3. The summed E-state index contributed by atoms with van der Waals surface area (Å²) in [5, 5.41) is 11.9. The van der Waals surface area contributed by atoms with Crippen LogP contribution in [0.25, 0.3) is 0 Å². The smallest absolute Gasteiger partial charge is 0.326 e. The Hall–Kier alpha value is -1.26. The number of nitrogens with zero attached hydrogens (tertiary/aromatic N) is 1. The van der Waals surface area contributed by atoms with E-state index in [-0.39, 0.29) is 6.03 Å². The molecule has 0 bridgehead atoms. The van der Waals surface area contributed by atoms with Crippen LogP contribution >= 0.6 is 0 Å². The maximum Gasteiger partial charge on any atom is 0.326 e. The molecule has 0 radical (unpaired) electrons. The molecule has 1 aliphatic heterocycles. The van der Waals surface area contributed by atoms with Crippen molar-refractivity contribution >= 4 is 12.0 Å². The molecule has 1 saturated carbocycles. The molecular formula is C13H22N2O3. The summed E-state index contributed by atoms with van der Waals surface area (Å²) in [5.74, 6) is -0.311. The molecule has 2 amide bonds. The van der Waals surface area contributed by atoms with Crippen molar-refractivity contribution in [2.45, 2.75) is 51.0 Å². The lowest BCUT2D eigenvalue weighted by Crippen LogP contribution is -2.47. The molecule has 0 aromatic carbocycles. The van der Waals surface area contributed by atoms with Gasteiger partial charge in [-0.15, -0.1) is 0 Å². The fourth-order valence-corrected chi connectivity index (χ4v) is 2.99. The Bertz CT molecular complexity index is 313. The van der Waals surface area contributed by atoms with E-state index in [1.54, 1.807) is 0 Å². The van der Waals surface area contributed by atoms with Gasteiger partial charge in [-0.05, 0) is 31.6 Å². The lowest BCUT2D eigenvalue weighted by Gasteiger charge is -2.25. The lowest BCUT2D eigenvalue weighted by atomic mass is 9.89. The summed E-state index contributed by atoms with van der Waals surface area (Å²) >= 11 is 0. The number of hydrogen-bond acceptors (Lipinski definition) is 2. The van der Waals surface area contributed by atoms with E-state index in [9.17, 15) is 9.59 Å². The third kappa shape index (κ3) is 3.15. The minimum Gasteiger partial charge on any atom is -0.480 e. The van der Waals surface area contributed by atoms with Gasteiger partial charge in [-0.2, -0.15) is 0 Å². The van der Waals surface area contributed by atoms with E-state index in [0.717, 1.165) is 6.42 Å². The molecule has 1 aliphatic carbocycles. The van der Waals surface area contributed by atoms with Gasteiger partial charge >= 0.3 is 12.0 Å². The number of amides is 2. The zero-order valence-electron chi connectivity index (χ0n) is 10.7. The monoisotopic (exact) mass is 254 g/mol. The van der Waals surface area contributed by atoms with Crippen LogP contribution in [0, 0.1) is 5.92 Å². The van der Waals surface area contributed by atoms with Crippen molar-refractivity contribution in [1.82, 2.24) is 10.2 Å². The van der Waals surface area contributed by atoms with Crippen molar-refractivity contribution in [3.8, 4) is 0 Å². The van der Waals surface area contributed by atoms with Crippen molar-refractivity contribution in [2.75, 3.05) is 13.1 Å². The minimum absolute atomic E-state index is 0.203. The normalized spacial score (nSPS) is 25.1. The predicted molar refractivity (Wildman–Crippen MR) is 67.3 cm³/mol. The van der Waals surface area contributed by atoms with Gasteiger partial charge in [-0.25, -0.2) is 9.59 Å². The van der Waals surface area contributed by atoms with Crippen LogP contribution in [0.2, 0.25) is 0 Å². The SMILES string of the molecule is O=C(O)[C@H]1CCCN1C(=O)NCC1CCCCC1. The zero-order valence-corrected chi connectivity index (χ0v) is 10.7. The van der Waals surface area contributed by atoms with Gasteiger partial charge in [0.25, 0.3) is 0 Å². The second-order valence-electron chi connectivity index (χ2n) is 5.38. The highest BCUT2D eigenvalue weighted by molar-refractivity contribution is 5.83. The summed E-state index contributed by atoms with van der Waals surface area (Å²) in [5.41, 5.74) is 0. The van der Waals surface area contributed by atoms with Crippen molar-refractivity contribution in [3.63, 3.8) is 0 Å². The second kappa shape index (κ2) is 6.07. The van der Waals surface area contributed by atoms with E-state index < -0.39 is 12.0 Å². The average Bonchev–Trinajstić information content (AvgIpc) is 2.86. The first kappa shape index (κ1) is 13.2. The molecule has 0 spiro atoms. The molecule has 18 heavy (non-hydrogen) atoms. The number of carbonyl (C=O) groups is 2. The molecule has 5 heteroatoms. The molecule has 1 saturated heterocycles. The minimum atomic E-state index is -0.889. The van der Waals surface area contributed by atoms with Gasteiger partial charge < -0.3 is 15.3 Å². The summed E-state index contributed by atoms with van der Waals surface area (Å²) in [6, 6.07) is -0.832. The van der Waals surface area contributed by atoms with Crippen LogP contribution < -0.4 is 5.32 Å². The topological polar surface area (TPSA) is 69.6 Å². The summed E-state index contributed by atoms with van der Waals surface area (Å²) in [7, 11) is 0. The Morgan fingerprint density at radius 1 is 1.11 bits per heavy atom. The van der Waals surface area contributed by atoms with Crippen LogP contribution in [0.3, 0.4) is 0 Å². The van der Waals surface area contributed by atoms with E-state index >= 15 is 0 Å². The van der Waals surface area contributed by atoms with Crippen LogP contribution in [-0.2, 0) is 4.79 Å². The zero-order chi connectivity index (χ0) is 13.0. The second-order valence-corrected chi connectivity index (χ2v) is 5.38. The number of nitrogens with one attached hydrogen (secondary N) is 1. The summed E-state index contributed by atoms with van der Waals surface area (Å²) in [6.07, 6.45) is 7.53. The molecule has 102 valence electrons. The Morgan fingerprint density at radius 2 is 1.83 bits per heavy atom. The number of likely N-dealkylation sites (tertiary alicyclic amines) is 1. The molecule has 2 aliphatic rings. The number of carbonyl (C=O) groups excluding carboxylic acids is 1. The lowest BCUT2D eigenvalue weighted by molar-refractivity contribution is -0.141. The quantitative estimate of drug-likeness (QED) is 0.807. The molecule has 1 heterocycles. The maximum atomic E-state index is 12.0. The van der Waals surface area contributed by atoms with E-state index in [1.807, 2.05) is 0 Å². The standard InChI is InChI=1S/C13H22N2O3/c16-12(17)11-7-4-8-15(11)13(18)14-9-10-5-2-1-3-6-10/h10-11H,1-9H2,(H,14,18)(H,16,17)/t11-/m1/s1. The van der Waals surface area contributed by atoms with E-state index in [4.69, 9.17) is 5.11 Å². The van der Waals surface area contributed by atoms with Crippen molar-refractivity contribution in [3.05, 3.63) is 0 Å². The molecule has 2 fully saturated rings. The first-order valence-corrected chi connectivity index (χ1v) is 6.96. The summed E-state index contributed by atoms with van der Waals surface area (Å²) in [4.78, 5) is 24.4. The fourth-order valence-electron chi connectivity index (χ4n) is 2.99. The van der Waals surface area contributed by atoms with E-state index in [0.29, 0.717) is 25.4 Å². The number of aliphatic carboxylic acids is 1. The Labute approximate surface area is 108 Å². The largest absolute Gasteiger partial charge is 0.480 e. The highest BCUT2D eigenvalue weighted by Gasteiger charge is 2.34. The maximum absolute atomic E-state index is 12.0. The molecule has 1 atom stereocenters. The van der Waals surface area contributed by atoms with Crippen LogP contribution in [0.1, 0.15) is 44.9 Å². The number of carboxylic acid groups (broad SMARTS) is 1. The fraction of sp³-hybridized carbons (Fsp3) is 0.846. The van der Waals surface area contributed by atoms with Crippen molar-refractivity contribution in [2.24, 2.45) is 5.92 Å². The summed E-state index contributed by atoms with van der Waals surface area (Å²) in [6.45, 7) is 1.26. The number of urea groups is 1. The van der Waals surface area contributed by atoms with Gasteiger partial charge in [-0.3, -0.25) is 0 Å². The number of carboxylic acids is 1. The molecule has 0 aromatic heterocycles. The van der Waals surface area contributed by atoms with Crippen LogP contribution in [0.4, 0.5) is 4.79 Å². The Morgan fingerprint density at radius 3 is 2.50 bits per heavy atom. The Balaban J connectivity index is 1.78. The molecule has 0 aromatic rings. The third-order valence-electron chi connectivity index (χ3n) is 4.07.